The number of anilines is 4. The molecule has 4 rings (SSSR count). The molecular formula is C23H21Cl2N7OS. The zero-order chi connectivity index (χ0) is 24.2. The van der Waals surface area contributed by atoms with Crippen LogP contribution in [0.4, 0.5) is 27.8 Å². The van der Waals surface area contributed by atoms with Crippen LogP contribution in [0.1, 0.15) is 17.0 Å². The van der Waals surface area contributed by atoms with Crippen molar-refractivity contribution in [1.82, 2.24) is 20.2 Å². The SMILES string of the molecule is Cc1cc(Nc2cc(C)nc(Sc3ccc(NC(=O)Nc4ccc(Cl)c(Cl)c4)cc3C)n2)[nH]n1. The van der Waals surface area contributed by atoms with Crippen LogP contribution in [0, 0.1) is 20.8 Å². The predicted octanol–water partition coefficient (Wildman–Crippen LogP) is 6.97. The van der Waals surface area contributed by atoms with E-state index in [2.05, 4.69) is 36.1 Å². The van der Waals surface area contributed by atoms with Gasteiger partial charge in [-0.05, 0) is 74.5 Å². The number of hydrogen-bond acceptors (Lipinski definition) is 6. The number of carbonyl (C=O) groups excluding carboxylic acids is 1. The minimum absolute atomic E-state index is 0.369. The molecule has 0 aliphatic heterocycles. The average Bonchev–Trinajstić information content (AvgIpc) is 3.17. The van der Waals surface area contributed by atoms with E-state index in [0.717, 1.165) is 27.7 Å². The van der Waals surface area contributed by atoms with Crippen LogP contribution in [0.25, 0.3) is 0 Å². The molecule has 4 N–H and O–H groups in total. The molecule has 0 unspecified atom stereocenters. The van der Waals surface area contributed by atoms with Gasteiger partial charge in [-0.25, -0.2) is 14.8 Å². The fraction of sp³-hybridized carbons (Fsp3) is 0.130. The van der Waals surface area contributed by atoms with E-state index < -0.39 is 0 Å². The largest absolute Gasteiger partial charge is 0.325 e. The van der Waals surface area contributed by atoms with Crippen molar-refractivity contribution in [2.45, 2.75) is 30.8 Å². The van der Waals surface area contributed by atoms with Crippen LogP contribution in [-0.4, -0.2) is 26.2 Å². The molecule has 0 saturated heterocycles. The molecule has 0 radical (unpaired) electrons. The quantitative estimate of drug-likeness (QED) is 0.207. The Labute approximate surface area is 210 Å². The Kier molecular flexibility index (Phi) is 7.26. The highest BCUT2D eigenvalue weighted by molar-refractivity contribution is 7.99. The van der Waals surface area contributed by atoms with Crippen molar-refractivity contribution in [2.24, 2.45) is 0 Å². The Morgan fingerprint density at radius 2 is 1.62 bits per heavy atom. The summed E-state index contributed by atoms with van der Waals surface area (Å²) in [4.78, 5) is 22.5. The first-order chi connectivity index (χ1) is 16.2. The van der Waals surface area contributed by atoms with Crippen molar-refractivity contribution in [3.8, 4) is 0 Å². The summed E-state index contributed by atoms with van der Waals surface area (Å²) in [5.74, 6) is 1.44. The molecule has 2 aromatic carbocycles. The van der Waals surface area contributed by atoms with Gasteiger partial charge in [0.1, 0.15) is 11.6 Å². The predicted molar refractivity (Wildman–Crippen MR) is 138 cm³/mol. The first-order valence-corrected chi connectivity index (χ1v) is 11.8. The summed E-state index contributed by atoms with van der Waals surface area (Å²) in [6.07, 6.45) is 0. The molecule has 0 saturated carbocycles. The second-order valence-electron chi connectivity index (χ2n) is 7.52. The highest BCUT2D eigenvalue weighted by Gasteiger charge is 2.10. The number of amides is 2. The number of aromatic nitrogens is 4. The van der Waals surface area contributed by atoms with Gasteiger partial charge in [0, 0.05) is 34.1 Å². The van der Waals surface area contributed by atoms with Crippen LogP contribution >= 0.6 is 35.0 Å². The van der Waals surface area contributed by atoms with Gasteiger partial charge in [-0.2, -0.15) is 5.10 Å². The van der Waals surface area contributed by atoms with Gasteiger partial charge in [0.2, 0.25) is 0 Å². The topological polar surface area (TPSA) is 108 Å². The number of hydrogen-bond donors (Lipinski definition) is 4. The molecule has 174 valence electrons. The van der Waals surface area contributed by atoms with Crippen LogP contribution in [0.3, 0.4) is 0 Å². The lowest BCUT2D eigenvalue weighted by molar-refractivity contribution is 0.262. The maximum atomic E-state index is 12.4. The summed E-state index contributed by atoms with van der Waals surface area (Å²) in [5, 5.41) is 17.2. The van der Waals surface area contributed by atoms with Gasteiger partial charge in [0.15, 0.2) is 5.16 Å². The fourth-order valence-corrected chi connectivity index (χ4v) is 4.27. The molecule has 2 amide bonds. The van der Waals surface area contributed by atoms with Gasteiger partial charge in [-0.3, -0.25) is 5.10 Å². The lowest BCUT2D eigenvalue weighted by atomic mass is 10.2. The number of halogens is 2. The molecule has 2 heterocycles. The third-order valence-electron chi connectivity index (χ3n) is 4.61. The Hall–Kier alpha value is -3.27. The molecule has 8 nitrogen and oxygen atoms in total. The van der Waals surface area contributed by atoms with E-state index in [1.165, 1.54) is 11.8 Å². The molecule has 0 atom stereocenters. The normalized spacial score (nSPS) is 10.7. The van der Waals surface area contributed by atoms with Crippen LogP contribution in [0.2, 0.25) is 10.0 Å². The third kappa shape index (κ3) is 6.19. The number of nitrogens with zero attached hydrogens (tertiary/aromatic N) is 3. The molecule has 0 bridgehead atoms. The summed E-state index contributed by atoms with van der Waals surface area (Å²) in [7, 11) is 0. The number of H-pyrrole nitrogens is 1. The van der Waals surface area contributed by atoms with E-state index in [9.17, 15) is 4.79 Å². The molecule has 34 heavy (non-hydrogen) atoms. The second-order valence-corrected chi connectivity index (χ2v) is 9.34. The summed E-state index contributed by atoms with van der Waals surface area (Å²) < 4.78 is 0. The first-order valence-electron chi connectivity index (χ1n) is 10.2. The first kappa shape index (κ1) is 23.9. The summed E-state index contributed by atoms with van der Waals surface area (Å²) in [6, 6.07) is 13.9. The lowest BCUT2D eigenvalue weighted by Crippen LogP contribution is -2.19. The number of aromatic amines is 1. The molecule has 0 aliphatic rings. The lowest BCUT2D eigenvalue weighted by Gasteiger charge is -2.11. The van der Waals surface area contributed by atoms with Gasteiger partial charge in [-0.15, -0.1) is 0 Å². The standard InChI is InChI=1S/C23H21Cl2N7OS/c1-12-8-15(27-22(33)28-16-4-6-17(24)18(25)11-16)5-7-19(12)34-23-26-13(2)9-20(30-23)29-21-10-14(3)31-32-21/h4-11H,1-3H3,(H2,27,28,33)(H2,26,29,30,31,32). The van der Waals surface area contributed by atoms with E-state index in [1.807, 2.05) is 51.1 Å². The van der Waals surface area contributed by atoms with Crippen molar-refractivity contribution >= 4 is 64.0 Å². The molecule has 0 aliphatic carbocycles. The van der Waals surface area contributed by atoms with Crippen LogP contribution < -0.4 is 16.0 Å². The van der Waals surface area contributed by atoms with Gasteiger partial charge in [0.25, 0.3) is 0 Å². The Balaban J connectivity index is 1.43. The molecule has 2 aromatic heterocycles. The zero-order valence-electron chi connectivity index (χ0n) is 18.5. The minimum atomic E-state index is -0.384. The van der Waals surface area contributed by atoms with Crippen molar-refractivity contribution in [2.75, 3.05) is 16.0 Å². The average molecular weight is 514 g/mol. The second kappa shape index (κ2) is 10.3. The Bertz CT molecular complexity index is 1360. The Morgan fingerprint density at radius 1 is 0.882 bits per heavy atom. The van der Waals surface area contributed by atoms with Gasteiger partial charge >= 0.3 is 6.03 Å². The van der Waals surface area contributed by atoms with Crippen molar-refractivity contribution in [3.63, 3.8) is 0 Å². The van der Waals surface area contributed by atoms with Crippen molar-refractivity contribution in [1.29, 1.82) is 0 Å². The van der Waals surface area contributed by atoms with E-state index >= 15 is 0 Å². The smallest absolute Gasteiger partial charge is 0.323 e. The maximum absolute atomic E-state index is 12.4. The minimum Gasteiger partial charge on any atom is -0.325 e. The monoisotopic (exact) mass is 513 g/mol. The van der Waals surface area contributed by atoms with Gasteiger partial charge < -0.3 is 16.0 Å². The van der Waals surface area contributed by atoms with E-state index in [-0.39, 0.29) is 6.03 Å². The number of nitrogens with one attached hydrogen (secondary N) is 4. The summed E-state index contributed by atoms with van der Waals surface area (Å²) in [5.41, 5.74) is 3.90. The Morgan fingerprint density at radius 3 is 2.29 bits per heavy atom. The van der Waals surface area contributed by atoms with Crippen LogP contribution in [0.15, 0.2) is 58.6 Å². The number of carbonyl (C=O) groups is 1. The molecular weight excluding hydrogens is 493 g/mol. The highest BCUT2D eigenvalue weighted by atomic mass is 35.5. The number of rotatable bonds is 6. The number of benzene rings is 2. The molecule has 0 spiro atoms. The summed E-state index contributed by atoms with van der Waals surface area (Å²) >= 11 is 13.4. The van der Waals surface area contributed by atoms with Gasteiger partial charge in [-0.1, -0.05) is 23.2 Å². The molecule has 4 aromatic rings. The van der Waals surface area contributed by atoms with Crippen molar-refractivity contribution in [3.05, 3.63) is 75.5 Å². The summed E-state index contributed by atoms with van der Waals surface area (Å²) in [6.45, 7) is 5.79. The fourth-order valence-electron chi connectivity index (χ4n) is 3.08. The van der Waals surface area contributed by atoms with E-state index in [0.29, 0.717) is 32.4 Å². The maximum Gasteiger partial charge on any atom is 0.323 e. The van der Waals surface area contributed by atoms with Gasteiger partial charge in [0.05, 0.1) is 15.7 Å². The van der Waals surface area contributed by atoms with E-state index in [4.69, 9.17) is 23.2 Å². The molecule has 11 heteroatoms. The van der Waals surface area contributed by atoms with E-state index in [1.54, 1.807) is 18.2 Å². The highest BCUT2D eigenvalue weighted by Crippen LogP contribution is 2.31. The zero-order valence-corrected chi connectivity index (χ0v) is 20.9. The third-order valence-corrected chi connectivity index (χ3v) is 6.40. The number of aryl methyl sites for hydroxylation is 3. The molecule has 0 fully saturated rings. The van der Waals surface area contributed by atoms with Crippen LogP contribution in [0.5, 0.6) is 0 Å². The van der Waals surface area contributed by atoms with Crippen molar-refractivity contribution < 1.29 is 4.79 Å². The van der Waals surface area contributed by atoms with Crippen LogP contribution in [-0.2, 0) is 0 Å². The number of urea groups is 1.